The lowest BCUT2D eigenvalue weighted by molar-refractivity contribution is 0.0696. The summed E-state index contributed by atoms with van der Waals surface area (Å²) in [7, 11) is -3.64. The van der Waals surface area contributed by atoms with Crippen molar-refractivity contribution < 1.29 is 18.3 Å². The molecule has 0 aliphatic heterocycles. The van der Waals surface area contributed by atoms with Crippen LogP contribution >= 0.6 is 11.6 Å². The molecule has 28 heavy (non-hydrogen) atoms. The van der Waals surface area contributed by atoms with E-state index in [1.807, 2.05) is 30.3 Å². The standard InChI is InChI=1S/C21H18ClNO4S/c1-14-11-15(5-10-20(14)21(24)25)13-28(26,27)23-19-8-6-16(7-9-19)17-3-2-4-18(22)12-17/h2-12,23H,13H2,1H3,(H,24,25). The Morgan fingerprint density at radius 1 is 1.00 bits per heavy atom. The molecule has 3 rings (SSSR count). The van der Waals surface area contributed by atoms with Crippen LogP contribution < -0.4 is 4.72 Å². The molecule has 7 heteroatoms. The molecule has 0 saturated heterocycles. The summed E-state index contributed by atoms with van der Waals surface area (Å²) in [5.41, 5.74) is 3.51. The average Bonchev–Trinajstić information content (AvgIpc) is 2.61. The minimum Gasteiger partial charge on any atom is -0.478 e. The number of aromatic carboxylic acids is 1. The maximum atomic E-state index is 12.5. The van der Waals surface area contributed by atoms with Gasteiger partial charge in [0, 0.05) is 10.7 Å². The summed E-state index contributed by atoms with van der Waals surface area (Å²) < 4.78 is 27.5. The van der Waals surface area contributed by atoms with E-state index in [0.29, 0.717) is 21.8 Å². The molecule has 0 radical (unpaired) electrons. The number of hydrogen-bond acceptors (Lipinski definition) is 3. The van der Waals surface area contributed by atoms with Crippen molar-refractivity contribution in [1.29, 1.82) is 0 Å². The molecule has 0 aromatic heterocycles. The molecule has 0 atom stereocenters. The van der Waals surface area contributed by atoms with Gasteiger partial charge in [0.15, 0.2) is 0 Å². The highest BCUT2D eigenvalue weighted by Gasteiger charge is 2.14. The Labute approximate surface area is 168 Å². The number of nitrogens with one attached hydrogen (secondary N) is 1. The largest absolute Gasteiger partial charge is 0.478 e. The van der Waals surface area contributed by atoms with Crippen LogP contribution in [0.1, 0.15) is 21.5 Å². The monoisotopic (exact) mass is 415 g/mol. The van der Waals surface area contributed by atoms with Crippen LogP contribution in [0.25, 0.3) is 11.1 Å². The van der Waals surface area contributed by atoms with Gasteiger partial charge in [0.2, 0.25) is 10.0 Å². The lowest BCUT2D eigenvalue weighted by Gasteiger charge is -2.10. The van der Waals surface area contributed by atoms with E-state index in [2.05, 4.69) is 4.72 Å². The second kappa shape index (κ2) is 8.04. The fourth-order valence-corrected chi connectivity index (χ4v) is 4.27. The SMILES string of the molecule is Cc1cc(CS(=O)(=O)Nc2ccc(-c3cccc(Cl)c3)cc2)ccc1C(=O)O. The Morgan fingerprint density at radius 3 is 2.32 bits per heavy atom. The third-order valence-corrected chi connectivity index (χ3v) is 5.69. The molecule has 0 saturated carbocycles. The lowest BCUT2D eigenvalue weighted by atomic mass is 10.1. The molecule has 5 nitrogen and oxygen atoms in total. The fraction of sp³-hybridized carbons (Fsp3) is 0.0952. The lowest BCUT2D eigenvalue weighted by Crippen LogP contribution is -2.15. The zero-order valence-corrected chi connectivity index (χ0v) is 16.6. The van der Waals surface area contributed by atoms with E-state index in [4.69, 9.17) is 16.7 Å². The predicted octanol–water partition coefficient (Wildman–Crippen LogP) is 4.96. The number of rotatable bonds is 6. The van der Waals surface area contributed by atoms with Crippen molar-refractivity contribution in [3.63, 3.8) is 0 Å². The highest BCUT2D eigenvalue weighted by Crippen LogP contribution is 2.25. The number of carbonyl (C=O) groups is 1. The number of carboxylic acids is 1. The summed E-state index contributed by atoms with van der Waals surface area (Å²) in [5.74, 6) is -1.28. The average molecular weight is 416 g/mol. The molecule has 0 amide bonds. The van der Waals surface area contributed by atoms with Gasteiger partial charge in [0.1, 0.15) is 0 Å². The molecule has 0 heterocycles. The highest BCUT2D eigenvalue weighted by atomic mass is 35.5. The van der Waals surface area contributed by atoms with Gasteiger partial charge >= 0.3 is 5.97 Å². The number of hydrogen-bond donors (Lipinski definition) is 2. The summed E-state index contributed by atoms with van der Waals surface area (Å²) in [6.45, 7) is 1.64. The maximum absolute atomic E-state index is 12.5. The molecule has 0 aliphatic rings. The van der Waals surface area contributed by atoms with Crippen LogP contribution in [0.3, 0.4) is 0 Å². The van der Waals surface area contributed by atoms with Gasteiger partial charge < -0.3 is 5.11 Å². The summed E-state index contributed by atoms with van der Waals surface area (Å²) in [5, 5.41) is 9.70. The van der Waals surface area contributed by atoms with Crippen LogP contribution in [-0.4, -0.2) is 19.5 Å². The summed E-state index contributed by atoms with van der Waals surface area (Å²) >= 11 is 6.00. The van der Waals surface area contributed by atoms with E-state index in [-0.39, 0.29) is 11.3 Å². The van der Waals surface area contributed by atoms with Crippen molar-refractivity contribution in [2.24, 2.45) is 0 Å². The number of halogens is 1. The van der Waals surface area contributed by atoms with Gasteiger partial charge in [-0.25, -0.2) is 13.2 Å². The molecular weight excluding hydrogens is 398 g/mol. The number of anilines is 1. The number of aryl methyl sites for hydroxylation is 1. The summed E-state index contributed by atoms with van der Waals surface area (Å²) in [4.78, 5) is 11.1. The minimum absolute atomic E-state index is 0.158. The van der Waals surface area contributed by atoms with E-state index >= 15 is 0 Å². The normalized spacial score (nSPS) is 11.2. The van der Waals surface area contributed by atoms with Crippen LogP contribution in [-0.2, 0) is 15.8 Å². The van der Waals surface area contributed by atoms with Crippen molar-refractivity contribution in [3.05, 3.63) is 88.4 Å². The van der Waals surface area contributed by atoms with Gasteiger partial charge in [-0.15, -0.1) is 0 Å². The molecule has 0 bridgehead atoms. The van der Waals surface area contributed by atoms with Crippen molar-refractivity contribution in [3.8, 4) is 11.1 Å². The fourth-order valence-electron chi connectivity index (χ4n) is 2.89. The quantitative estimate of drug-likeness (QED) is 0.596. The van der Waals surface area contributed by atoms with Crippen LogP contribution in [0, 0.1) is 6.92 Å². The predicted molar refractivity (Wildman–Crippen MR) is 111 cm³/mol. The molecule has 2 N–H and O–H groups in total. The number of sulfonamides is 1. The Morgan fingerprint density at radius 2 is 1.71 bits per heavy atom. The van der Waals surface area contributed by atoms with Gasteiger partial charge in [-0.05, 0) is 59.5 Å². The first-order valence-electron chi connectivity index (χ1n) is 8.43. The van der Waals surface area contributed by atoms with Crippen LogP contribution in [0.5, 0.6) is 0 Å². The third kappa shape index (κ3) is 4.91. The minimum atomic E-state index is -3.64. The van der Waals surface area contributed by atoms with Gasteiger partial charge in [0.05, 0.1) is 11.3 Å². The van der Waals surface area contributed by atoms with E-state index in [9.17, 15) is 13.2 Å². The maximum Gasteiger partial charge on any atom is 0.335 e. The van der Waals surface area contributed by atoms with Gasteiger partial charge in [-0.3, -0.25) is 4.72 Å². The highest BCUT2D eigenvalue weighted by molar-refractivity contribution is 7.91. The molecule has 3 aromatic carbocycles. The van der Waals surface area contributed by atoms with Crippen molar-refractivity contribution in [2.45, 2.75) is 12.7 Å². The van der Waals surface area contributed by atoms with Crippen LogP contribution in [0.4, 0.5) is 5.69 Å². The first-order valence-corrected chi connectivity index (χ1v) is 10.5. The first kappa shape index (κ1) is 19.9. The third-order valence-electron chi connectivity index (χ3n) is 4.19. The van der Waals surface area contributed by atoms with Crippen LogP contribution in [0.2, 0.25) is 5.02 Å². The van der Waals surface area contributed by atoms with Crippen molar-refractivity contribution in [2.75, 3.05) is 4.72 Å². The molecule has 0 aliphatic carbocycles. The van der Waals surface area contributed by atoms with E-state index in [1.54, 1.807) is 31.2 Å². The second-order valence-corrected chi connectivity index (χ2v) is 8.56. The van der Waals surface area contributed by atoms with E-state index in [1.165, 1.54) is 12.1 Å². The zero-order valence-electron chi connectivity index (χ0n) is 15.0. The molecule has 144 valence electrons. The zero-order chi connectivity index (χ0) is 20.3. The molecule has 0 spiro atoms. The van der Waals surface area contributed by atoms with Crippen LogP contribution in [0.15, 0.2) is 66.7 Å². The van der Waals surface area contributed by atoms with Gasteiger partial charge in [-0.1, -0.05) is 48.0 Å². The molecule has 0 fully saturated rings. The molecular formula is C21H18ClNO4S. The number of benzene rings is 3. The van der Waals surface area contributed by atoms with Gasteiger partial charge in [0.25, 0.3) is 0 Å². The van der Waals surface area contributed by atoms with Gasteiger partial charge in [-0.2, -0.15) is 0 Å². The first-order chi connectivity index (χ1) is 13.2. The Balaban J connectivity index is 1.73. The Kier molecular flexibility index (Phi) is 5.72. The molecule has 3 aromatic rings. The Hall–Kier alpha value is -2.83. The summed E-state index contributed by atoms with van der Waals surface area (Å²) in [6.07, 6.45) is 0. The van der Waals surface area contributed by atoms with E-state index in [0.717, 1.165) is 11.1 Å². The van der Waals surface area contributed by atoms with Crippen molar-refractivity contribution in [1.82, 2.24) is 0 Å². The Bertz CT molecular complexity index is 1130. The molecule has 0 unspecified atom stereocenters. The van der Waals surface area contributed by atoms with E-state index < -0.39 is 16.0 Å². The smallest absolute Gasteiger partial charge is 0.335 e. The van der Waals surface area contributed by atoms with Crippen molar-refractivity contribution >= 4 is 33.3 Å². The summed E-state index contributed by atoms with van der Waals surface area (Å²) in [6, 6.07) is 18.9. The topological polar surface area (TPSA) is 83.5 Å². The second-order valence-electron chi connectivity index (χ2n) is 6.40. The number of carboxylic acid groups (broad SMARTS) is 1.